The number of anilines is 1. The first-order valence-electron chi connectivity index (χ1n) is 11.9. The van der Waals surface area contributed by atoms with Crippen molar-refractivity contribution in [3.05, 3.63) is 58.6 Å². The number of amides is 2. The Kier molecular flexibility index (Phi) is 10.6. The van der Waals surface area contributed by atoms with Crippen molar-refractivity contribution >= 4 is 39.1 Å². The fraction of sp³-hybridized carbons (Fsp3) is 0.462. The van der Waals surface area contributed by atoms with Crippen molar-refractivity contribution < 1.29 is 22.7 Å². The molecular weight excluding hydrogens is 502 g/mol. The molecule has 0 bridgehead atoms. The lowest BCUT2D eigenvalue weighted by molar-refractivity contribution is -0.140. The van der Waals surface area contributed by atoms with E-state index in [1.54, 1.807) is 12.1 Å². The van der Waals surface area contributed by atoms with Crippen molar-refractivity contribution in [2.75, 3.05) is 24.2 Å². The van der Waals surface area contributed by atoms with Crippen LogP contribution in [0.5, 0.6) is 5.75 Å². The molecule has 2 aromatic carbocycles. The van der Waals surface area contributed by atoms with E-state index >= 15 is 0 Å². The van der Waals surface area contributed by atoms with E-state index in [2.05, 4.69) is 5.32 Å². The highest BCUT2D eigenvalue weighted by Gasteiger charge is 2.33. The Morgan fingerprint density at radius 2 is 1.81 bits per heavy atom. The van der Waals surface area contributed by atoms with Gasteiger partial charge in [0, 0.05) is 17.6 Å². The molecule has 0 radical (unpaired) electrons. The molecule has 0 spiro atoms. The molecule has 0 aromatic heterocycles. The number of carbonyl (C=O) groups is 2. The number of sulfonamides is 1. The van der Waals surface area contributed by atoms with Gasteiger partial charge in [0.05, 0.1) is 19.1 Å². The minimum absolute atomic E-state index is 0.0642. The molecule has 0 unspecified atom stereocenters. The topological polar surface area (TPSA) is 96.0 Å². The minimum atomic E-state index is -3.90. The number of nitrogens with one attached hydrogen (secondary N) is 1. The van der Waals surface area contributed by atoms with Gasteiger partial charge in [0.15, 0.2) is 0 Å². The van der Waals surface area contributed by atoms with Gasteiger partial charge >= 0.3 is 0 Å². The van der Waals surface area contributed by atoms with Gasteiger partial charge < -0.3 is 15.0 Å². The van der Waals surface area contributed by atoms with Gasteiger partial charge in [0.2, 0.25) is 21.8 Å². The predicted octanol–water partition coefficient (Wildman–Crippen LogP) is 4.15. The van der Waals surface area contributed by atoms with Crippen molar-refractivity contribution in [2.45, 2.75) is 59.2 Å². The van der Waals surface area contributed by atoms with Crippen LogP contribution in [0.25, 0.3) is 0 Å². The summed E-state index contributed by atoms with van der Waals surface area (Å²) in [5, 5.41) is 3.25. The van der Waals surface area contributed by atoms with Gasteiger partial charge in [0.1, 0.15) is 18.3 Å². The maximum absolute atomic E-state index is 13.8. The van der Waals surface area contributed by atoms with Crippen LogP contribution >= 0.6 is 11.6 Å². The molecule has 0 aliphatic carbocycles. The molecule has 1 N–H and O–H groups in total. The average Bonchev–Trinajstić information content (AvgIpc) is 2.81. The van der Waals surface area contributed by atoms with Crippen LogP contribution in [0.2, 0.25) is 5.02 Å². The van der Waals surface area contributed by atoms with Gasteiger partial charge in [-0.3, -0.25) is 13.9 Å². The molecular formula is C26H36ClN3O5S. The zero-order chi connectivity index (χ0) is 27.0. The van der Waals surface area contributed by atoms with E-state index in [0.29, 0.717) is 11.4 Å². The zero-order valence-electron chi connectivity index (χ0n) is 21.7. The highest BCUT2D eigenvalue weighted by atomic mass is 35.5. The van der Waals surface area contributed by atoms with Crippen molar-refractivity contribution in [3.63, 3.8) is 0 Å². The third kappa shape index (κ3) is 7.86. The third-order valence-electron chi connectivity index (χ3n) is 5.91. The molecule has 2 atom stereocenters. The predicted molar refractivity (Wildman–Crippen MR) is 144 cm³/mol. The summed E-state index contributed by atoms with van der Waals surface area (Å²) >= 11 is 6.14. The second kappa shape index (κ2) is 13.0. The monoisotopic (exact) mass is 537 g/mol. The quantitative estimate of drug-likeness (QED) is 0.439. The van der Waals surface area contributed by atoms with E-state index in [4.69, 9.17) is 16.3 Å². The van der Waals surface area contributed by atoms with Gasteiger partial charge in [-0.25, -0.2) is 8.42 Å². The number of nitrogens with zero attached hydrogens (tertiary/aromatic N) is 2. The fourth-order valence-corrected chi connectivity index (χ4v) is 4.83. The standard InChI is InChI=1S/C26H36ClN3O5S/c1-7-19(4)28-26(32)22(8-2)29(16-20-11-9-10-18(3)14-20)25(31)17-30(36(6,33)34)23-15-21(27)12-13-24(23)35-5/h9-15,19,22H,7-8,16-17H2,1-6H3,(H,28,32)/t19-,22-/m0/s1. The molecule has 0 aliphatic rings. The van der Waals surface area contributed by atoms with Crippen molar-refractivity contribution in [2.24, 2.45) is 0 Å². The average molecular weight is 538 g/mol. The molecule has 0 saturated carbocycles. The van der Waals surface area contributed by atoms with Gasteiger partial charge in [-0.15, -0.1) is 0 Å². The van der Waals surface area contributed by atoms with Crippen LogP contribution in [-0.2, 0) is 26.2 Å². The lowest BCUT2D eigenvalue weighted by Crippen LogP contribution is -2.53. The Bertz CT molecular complexity index is 1170. The Balaban J connectivity index is 2.51. The summed E-state index contributed by atoms with van der Waals surface area (Å²) in [5.74, 6) is -0.543. The molecule has 198 valence electrons. The van der Waals surface area contributed by atoms with E-state index in [1.807, 2.05) is 52.0 Å². The Morgan fingerprint density at radius 3 is 2.36 bits per heavy atom. The summed E-state index contributed by atoms with van der Waals surface area (Å²) in [5.41, 5.74) is 2.00. The molecule has 0 aliphatic heterocycles. The first-order valence-corrected chi connectivity index (χ1v) is 14.1. The highest BCUT2D eigenvalue weighted by Crippen LogP contribution is 2.33. The lowest BCUT2D eigenvalue weighted by Gasteiger charge is -2.33. The number of benzene rings is 2. The van der Waals surface area contributed by atoms with Crippen molar-refractivity contribution in [3.8, 4) is 5.75 Å². The SMILES string of the molecule is CC[C@H](C)NC(=O)[C@H](CC)N(Cc1cccc(C)c1)C(=O)CN(c1cc(Cl)ccc1OC)S(C)(=O)=O. The number of methoxy groups -OCH3 is 1. The Labute approximate surface area is 219 Å². The van der Waals surface area contributed by atoms with E-state index in [-0.39, 0.29) is 29.9 Å². The second-order valence-corrected chi connectivity index (χ2v) is 11.2. The molecule has 2 aromatic rings. The van der Waals surface area contributed by atoms with Crippen LogP contribution in [0.15, 0.2) is 42.5 Å². The zero-order valence-corrected chi connectivity index (χ0v) is 23.3. The smallest absolute Gasteiger partial charge is 0.244 e. The summed E-state index contributed by atoms with van der Waals surface area (Å²) in [4.78, 5) is 28.4. The number of hydrogen-bond acceptors (Lipinski definition) is 5. The minimum Gasteiger partial charge on any atom is -0.495 e. The van der Waals surface area contributed by atoms with Crippen LogP contribution < -0.4 is 14.4 Å². The van der Waals surface area contributed by atoms with Gasteiger partial charge in [-0.2, -0.15) is 0 Å². The highest BCUT2D eigenvalue weighted by molar-refractivity contribution is 7.92. The Hall–Kier alpha value is -2.78. The first kappa shape index (κ1) is 29.5. The molecule has 0 heterocycles. The fourth-order valence-electron chi connectivity index (χ4n) is 3.82. The van der Waals surface area contributed by atoms with E-state index in [1.165, 1.54) is 18.1 Å². The number of ether oxygens (including phenoxy) is 1. The van der Waals surface area contributed by atoms with Crippen molar-refractivity contribution in [1.82, 2.24) is 10.2 Å². The van der Waals surface area contributed by atoms with Crippen LogP contribution in [0.3, 0.4) is 0 Å². The summed E-state index contributed by atoms with van der Waals surface area (Å²) in [6.07, 6.45) is 2.11. The third-order valence-corrected chi connectivity index (χ3v) is 7.27. The number of rotatable bonds is 12. The van der Waals surface area contributed by atoms with E-state index in [0.717, 1.165) is 28.1 Å². The lowest BCUT2D eigenvalue weighted by atomic mass is 10.1. The van der Waals surface area contributed by atoms with Gasteiger partial charge in [-0.1, -0.05) is 55.3 Å². The van der Waals surface area contributed by atoms with Crippen LogP contribution in [0.1, 0.15) is 44.7 Å². The van der Waals surface area contributed by atoms with Gasteiger partial charge in [-0.05, 0) is 50.5 Å². The summed E-state index contributed by atoms with van der Waals surface area (Å²) in [6.45, 7) is 7.26. The molecule has 0 saturated heterocycles. The van der Waals surface area contributed by atoms with E-state index in [9.17, 15) is 18.0 Å². The summed E-state index contributed by atoms with van der Waals surface area (Å²) in [6, 6.07) is 11.3. The number of aryl methyl sites for hydroxylation is 1. The molecule has 8 nitrogen and oxygen atoms in total. The normalized spacial score (nSPS) is 13.0. The van der Waals surface area contributed by atoms with Gasteiger partial charge in [0.25, 0.3) is 0 Å². The van der Waals surface area contributed by atoms with Crippen LogP contribution in [0.4, 0.5) is 5.69 Å². The molecule has 2 amide bonds. The second-order valence-electron chi connectivity index (χ2n) is 8.84. The number of hydrogen-bond donors (Lipinski definition) is 1. The maximum Gasteiger partial charge on any atom is 0.244 e. The van der Waals surface area contributed by atoms with Crippen molar-refractivity contribution in [1.29, 1.82) is 0 Å². The maximum atomic E-state index is 13.8. The summed E-state index contributed by atoms with van der Waals surface area (Å²) in [7, 11) is -2.50. The molecule has 10 heteroatoms. The molecule has 2 rings (SSSR count). The Morgan fingerprint density at radius 1 is 1.11 bits per heavy atom. The van der Waals surface area contributed by atoms with Crippen LogP contribution in [-0.4, -0.2) is 57.1 Å². The number of carbonyl (C=O) groups excluding carboxylic acids is 2. The van der Waals surface area contributed by atoms with E-state index < -0.39 is 28.5 Å². The molecule has 0 fully saturated rings. The first-order chi connectivity index (χ1) is 16.9. The largest absolute Gasteiger partial charge is 0.495 e. The van der Waals surface area contributed by atoms with Crippen LogP contribution in [0, 0.1) is 6.92 Å². The molecule has 36 heavy (non-hydrogen) atoms. The number of halogens is 1. The summed E-state index contributed by atoms with van der Waals surface area (Å²) < 4.78 is 31.9.